The molecule has 0 unspecified atom stereocenters. The number of aryl methyl sites for hydroxylation is 1. The predicted octanol–water partition coefficient (Wildman–Crippen LogP) is 3.42. The molecule has 152 valence electrons. The number of aromatic nitrogens is 1. The van der Waals surface area contributed by atoms with Gasteiger partial charge in [0, 0.05) is 24.8 Å². The maximum Gasteiger partial charge on any atom is 0.238 e. The van der Waals surface area contributed by atoms with Crippen molar-refractivity contribution in [3.05, 3.63) is 59.7 Å². The number of carbonyl (C=O) groups excluding carboxylic acids is 1. The highest BCUT2D eigenvalue weighted by Crippen LogP contribution is 2.18. The lowest BCUT2D eigenvalue weighted by Gasteiger charge is -2.20. The van der Waals surface area contributed by atoms with Crippen molar-refractivity contribution >= 4 is 22.7 Å². The average Bonchev–Trinajstić information content (AvgIpc) is 2.95. The molecule has 4 rings (SSSR count). The SMILES string of the molecule is Cc1ccc(NC(=O)CN2CCCN(Cc3nc4ccc(F)cc4o3)CC2)cc1. The summed E-state index contributed by atoms with van der Waals surface area (Å²) >= 11 is 0. The molecule has 0 radical (unpaired) electrons. The Balaban J connectivity index is 1.29. The minimum atomic E-state index is -0.325. The van der Waals surface area contributed by atoms with Crippen LogP contribution in [0.1, 0.15) is 17.9 Å². The van der Waals surface area contributed by atoms with E-state index in [4.69, 9.17) is 4.42 Å². The number of rotatable bonds is 5. The molecule has 3 aromatic rings. The Morgan fingerprint density at radius 1 is 1.10 bits per heavy atom. The van der Waals surface area contributed by atoms with Gasteiger partial charge < -0.3 is 9.73 Å². The lowest BCUT2D eigenvalue weighted by molar-refractivity contribution is -0.117. The minimum absolute atomic E-state index is 0.00304. The molecular weight excluding hydrogens is 371 g/mol. The summed E-state index contributed by atoms with van der Waals surface area (Å²) < 4.78 is 19.0. The Kier molecular flexibility index (Phi) is 5.87. The van der Waals surface area contributed by atoms with Gasteiger partial charge in [-0.3, -0.25) is 14.6 Å². The van der Waals surface area contributed by atoms with E-state index < -0.39 is 0 Å². The smallest absolute Gasteiger partial charge is 0.238 e. The summed E-state index contributed by atoms with van der Waals surface area (Å²) in [5.41, 5.74) is 3.14. The summed E-state index contributed by atoms with van der Waals surface area (Å²) in [4.78, 5) is 21.2. The number of oxazole rings is 1. The highest BCUT2D eigenvalue weighted by molar-refractivity contribution is 5.92. The number of fused-ring (bicyclic) bond motifs is 1. The molecule has 0 saturated carbocycles. The topological polar surface area (TPSA) is 61.6 Å². The number of halogens is 1. The molecule has 0 atom stereocenters. The van der Waals surface area contributed by atoms with Crippen LogP contribution >= 0.6 is 0 Å². The molecule has 0 aliphatic carbocycles. The van der Waals surface area contributed by atoms with E-state index in [1.54, 1.807) is 6.07 Å². The molecule has 1 N–H and O–H groups in total. The first-order chi connectivity index (χ1) is 14.0. The number of carbonyl (C=O) groups is 1. The van der Waals surface area contributed by atoms with Crippen LogP contribution in [0.3, 0.4) is 0 Å². The van der Waals surface area contributed by atoms with Gasteiger partial charge in [-0.25, -0.2) is 9.37 Å². The molecule has 1 aliphatic heterocycles. The number of amides is 1. The third-order valence-corrected chi connectivity index (χ3v) is 5.14. The fourth-order valence-corrected chi connectivity index (χ4v) is 3.59. The van der Waals surface area contributed by atoms with E-state index >= 15 is 0 Å². The average molecular weight is 396 g/mol. The van der Waals surface area contributed by atoms with Crippen molar-refractivity contribution in [1.29, 1.82) is 0 Å². The fraction of sp³-hybridized carbons (Fsp3) is 0.364. The van der Waals surface area contributed by atoms with Crippen molar-refractivity contribution in [3.63, 3.8) is 0 Å². The largest absolute Gasteiger partial charge is 0.439 e. The van der Waals surface area contributed by atoms with Gasteiger partial charge in [0.05, 0.1) is 13.1 Å². The zero-order valence-electron chi connectivity index (χ0n) is 16.5. The second-order valence-electron chi connectivity index (χ2n) is 7.54. The standard InChI is InChI=1S/C22H25FN4O2/c1-16-3-6-18(7-4-16)24-21(28)14-26-9-2-10-27(12-11-26)15-22-25-19-8-5-17(23)13-20(19)29-22/h3-8,13H,2,9-12,14-15H2,1H3,(H,24,28). The van der Waals surface area contributed by atoms with Gasteiger partial charge >= 0.3 is 0 Å². The zero-order valence-corrected chi connectivity index (χ0v) is 16.5. The van der Waals surface area contributed by atoms with Crippen LogP contribution in [0.4, 0.5) is 10.1 Å². The summed E-state index contributed by atoms with van der Waals surface area (Å²) in [7, 11) is 0. The Morgan fingerprint density at radius 2 is 1.86 bits per heavy atom. The van der Waals surface area contributed by atoms with Crippen LogP contribution < -0.4 is 5.32 Å². The number of hydrogen-bond donors (Lipinski definition) is 1. The second kappa shape index (κ2) is 8.71. The van der Waals surface area contributed by atoms with Crippen molar-refractivity contribution in [3.8, 4) is 0 Å². The quantitative estimate of drug-likeness (QED) is 0.716. The Bertz CT molecular complexity index is 986. The highest BCUT2D eigenvalue weighted by atomic mass is 19.1. The van der Waals surface area contributed by atoms with Gasteiger partial charge in [0.2, 0.25) is 11.8 Å². The van der Waals surface area contributed by atoms with Crippen LogP contribution in [-0.4, -0.2) is 53.4 Å². The van der Waals surface area contributed by atoms with E-state index in [-0.39, 0.29) is 11.7 Å². The molecule has 1 amide bonds. The van der Waals surface area contributed by atoms with Crippen LogP contribution in [-0.2, 0) is 11.3 Å². The van der Waals surface area contributed by atoms with Gasteiger partial charge in [-0.2, -0.15) is 0 Å². The van der Waals surface area contributed by atoms with Crippen LogP contribution in [0.2, 0.25) is 0 Å². The Morgan fingerprint density at radius 3 is 2.69 bits per heavy atom. The number of nitrogens with one attached hydrogen (secondary N) is 1. The predicted molar refractivity (Wildman–Crippen MR) is 110 cm³/mol. The highest BCUT2D eigenvalue weighted by Gasteiger charge is 2.19. The molecule has 0 bridgehead atoms. The lowest BCUT2D eigenvalue weighted by Crippen LogP contribution is -2.36. The molecule has 1 aliphatic rings. The molecule has 2 heterocycles. The maximum absolute atomic E-state index is 13.3. The van der Waals surface area contributed by atoms with Gasteiger partial charge in [0.1, 0.15) is 11.3 Å². The summed E-state index contributed by atoms with van der Waals surface area (Å²) in [6, 6.07) is 12.2. The van der Waals surface area contributed by atoms with Crippen molar-refractivity contribution in [2.24, 2.45) is 0 Å². The number of benzene rings is 2. The van der Waals surface area contributed by atoms with Crippen molar-refractivity contribution in [1.82, 2.24) is 14.8 Å². The van der Waals surface area contributed by atoms with Crippen LogP contribution in [0.25, 0.3) is 11.1 Å². The van der Waals surface area contributed by atoms with E-state index in [2.05, 4.69) is 20.1 Å². The van der Waals surface area contributed by atoms with Crippen LogP contribution in [0.5, 0.6) is 0 Å². The molecule has 1 saturated heterocycles. The molecule has 0 spiro atoms. The molecule has 6 nitrogen and oxygen atoms in total. The molecule has 1 fully saturated rings. The zero-order chi connectivity index (χ0) is 20.2. The van der Waals surface area contributed by atoms with E-state index in [1.807, 2.05) is 31.2 Å². The summed E-state index contributed by atoms with van der Waals surface area (Å²) in [5.74, 6) is 0.272. The minimum Gasteiger partial charge on any atom is -0.439 e. The molecular formula is C22H25FN4O2. The third kappa shape index (κ3) is 5.19. The van der Waals surface area contributed by atoms with E-state index in [0.717, 1.165) is 38.3 Å². The number of nitrogens with zero attached hydrogens (tertiary/aromatic N) is 3. The molecule has 29 heavy (non-hydrogen) atoms. The summed E-state index contributed by atoms with van der Waals surface area (Å²) in [6.07, 6.45) is 0.965. The van der Waals surface area contributed by atoms with Crippen LogP contribution in [0, 0.1) is 12.7 Å². The molecule has 2 aromatic carbocycles. The normalized spacial score (nSPS) is 16.1. The van der Waals surface area contributed by atoms with Crippen molar-refractivity contribution < 1.29 is 13.6 Å². The van der Waals surface area contributed by atoms with Gasteiger partial charge in [-0.05, 0) is 50.7 Å². The fourth-order valence-electron chi connectivity index (χ4n) is 3.59. The van der Waals surface area contributed by atoms with Gasteiger partial charge in [0.15, 0.2) is 5.58 Å². The maximum atomic E-state index is 13.3. The van der Waals surface area contributed by atoms with Crippen molar-refractivity contribution in [2.75, 3.05) is 38.0 Å². The first-order valence-electron chi connectivity index (χ1n) is 9.91. The monoisotopic (exact) mass is 396 g/mol. The molecule has 1 aromatic heterocycles. The summed E-state index contributed by atoms with van der Waals surface area (Å²) in [5, 5.41) is 2.96. The first-order valence-corrected chi connectivity index (χ1v) is 9.91. The van der Waals surface area contributed by atoms with Gasteiger partial charge in [0.25, 0.3) is 0 Å². The van der Waals surface area contributed by atoms with Gasteiger partial charge in [-0.15, -0.1) is 0 Å². The molecule has 7 heteroatoms. The summed E-state index contributed by atoms with van der Waals surface area (Å²) in [6.45, 7) is 6.39. The first kappa shape index (κ1) is 19.5. The van der Waals surface area contributed by atoms with E-state index in [1.165, 1.54) is 17.7 Å². The van der Waals surface area contributed by atoms with Crippen molar-refractivity contribution in [2.45, 2.75) is 19.9 Å². The van der Waals surface area contributed by atoms with E-state index in [9.17, 15) is 9.18 Å². The van der Waals surface area contributed by atoms with E-state index in [0.29, 0.717) is 30.1 Å². The van der Waals surface area contributed by atoms with Gasteiger partial charge in [-0.1, -0.05) is 17.7 Å². The number of anilines is 1. The number of hydrogen-bond acceptors (Lipinski definition) is 5. The Hall–Kier alpha value is -2.77. The second-order valence-corrected chi connectivity index (χ2v) is 7.54. The third-order valence-electron chi connectivity index (χ3n) is 5.14. The lowest BCUT2D eigenvalue weighted by atomic mass is 10.2. The Labute approximate surface area is 169 Å². The van der Waals surface area contributed by atoms with Crippen LogP contribution in [0.15, 0.2) is 46.9 Å².